The Labute approximate surface area is 107 Å². The minimum atomic E-state index is 0.871. The van der Waals surface area contributed by atoms with Gasteiger partial charge in [-0.1, -0.05) is 32.0 Å². The molecule has 0 amide bonds. The van der Waals surface area contributed by atoms with Gasteiger partial charge in [-0.15, -0.1) is 0 Å². The van der Waals surface area contributed by atoms with Gasteiger partial charge in [0.1, 0.15) is 11.5 Å². The quantitative estimate of drug-likeness (QED) is 0.608. The molecule has 2 heteroatoms. The van der Waals surface area contributed by atoms with Gasteiger partial charge in [0.25, 0.3) is 0 Å². The molecule has 2 aromatic heterocycles. The van der Waals surface area contributed by atoms with Crippen LogP contribution in [0.1, 0.15) is 19.6 Å². The van der Waals surface area contributed by atoms with Crippen LogP contribution >= 0.6 is 0 Å². The first kappa shape index (κ1) is 12.4. The molecule has 3 aromatic rings. The second-order valence-corrected chi connectivity index (χ2v) is 3.83. The van der Waals surface area contributed by atoms with Crippen molar-refractivity contribution in [3.05, 3.63) is 54.4 Å². The van der Waals surface area contributed by atoms with Gasteiger partial charge in [-0.05, 0) is 31.2 Å². The summed E-state index contributed by atoms with van der Waals surface area (Å²) < 4.78 is 5.58. The second kappa shape index (κ2) is 5.50. The lowest BCUT2D eigenvalue weighted by molar-refractivity contribution is 0.548. The molecule has 1 aromatic carbocycles. The second-order valence-electron chi connectivity index (χ2n) is 3.83. The fourth-order valence-corrected chi connectivity index (χ4v) is 1.80. The Kier molecular flexibility index (Phi) is 3.78. The highest BCUT2D eigenvalue weighted by atomic mass is 16.3. The van der Waals surface area contributed by atoms with Gasteiger partial charge in [-0.25, -0.2) is 0 Å². The standard InChI is InChI=1S/C14H11NO.C2H6/c1-10-6-7-14(16-10)12-8-11-4-2-3-5-13(11)15-9-12;1-2/h2-9H,1H3;1-2H3. The zero-order chi connectivity index (χ0) is 13.0. The van der Waals surface area contributed by atoms with E-state index >= 15 is 0 Å². The SMILES string of the molecule is CC.Cc1ccc(-c2cnc3ccccc3c2)o1. The van der Waals surface area contributed by atoms with E-state index in [0.29, 0.717) is 0 Å². The maximum atomic E-state index is 5.58. The molecule has 0 aliphatic rings. The molecule has 0 N–H and O–H groups in total. The molecule has 2 nitrogen and oxygen atoms in total. The molecule has 2 heterocycles. The predicted octanol–water partition coefficient (Wildman–Crippen LogP) is 4.83. The molecule has 92 valence electrons. The lowest BCUT2D eigenvalue weighted by Crippen LogP contribution is -1.80. The van der Waals surface area contributed by atoms with Gasteiger partial charge in [0.15, 0.2) is 0 Å². The van der Waals surface area contributed by atoms with E-state index in [-0.39, 0.29) is 0 Å². The van der Waals surface area contributed by atoms with Crippen LogP contribution in [0.3, 0.4) is 0 Å². The smallest absolute Gasteiger partial charge is 0.135 e. The van der Waals surface area contributed by atoms with Crippen molar-refractivity contribution in [1.29, 1.82) is 0 Å². The van der Waals surface area contributed by atoms with E-state index in [0.717, 1.165) is 28.0 Å². The number of pyridine rings is 1. The van der Waals surface area contributed by atoms with Gasteiger partial charge in [0, 0.05) is 17.1 Å². The van der Waals surface area contributed by atoms with Crippen LogP contribution in [0.25, 0.3) is 22.2 Å². The van der Waals surface area contributed by atoms with E-state index < -0.39 is 0 Å². The van der Waals surface area contributed by atoms with Gasteiger partial charge in [-0.3, -0.25) is 4.98 Å². The van der Waals surface area contributed by atoms with Gasteiger partial charge >= 0.3 is 0 Å². The molecule has 0 aliphatic carbocycles. The van der Waals surface area contributed by atoms with Gasteiger partial charge in [0.05, 0.1) is 5.52 Å². The molecule has 0 bridgehead atoms. The monoisotopic (exact) mass is 239 g/mol. The first-order valence-corrected chi connectivity index (χ1v) is 6.24. The average molecular weight is 239 g/mol. The number of aromatic nitrogens is 1. The number of furan rings is 1. The van der Waals surface area contributed by atoms with Crippen LogP contribution in [0, 0.1) is 6.92 Å². The van der Waals surface area contributed by atoms with Crippen LogP contribution in [0.5, 0.6) is 0 Å². The maximum absolute atomic E-state index is 5.58. The fourth-order valence-electron chi connectivity index (χ4n) is 1.80. The summed E-state index contributed by atoms with van der Waals surface area (Å²) in [6.45, 7) is 5.94. The molecule has 0 fully saturated rings. The normalized spacial score (nSPS) is 9.94. The third-order valence-corrected chi connectivity index (χ3v) is 2.62. The molecule has 0 saturated heterocycles. The summed E-state index contributed by atoms with van der Waals surface area (Å²) in [5.41, 5.74) is 2.03. The Hall–Kier alpha value is -2.09. The summed E-state index contributed by atoms with van der Waals surface area (Å²) in [5, 5.41) is 1.13. The van der Waals surface area contributed by atoms with Crippen LogP contribution in [0.15, 0.2) is 53.1 Å². The number of hydrogen-bond acceptors (Lipinski definition) is 2. The third-order valence-electron chi connectivity index (χ3n) is 2.62. The zero-order valence-electron chi connectivity index (χ0n) is 11.0. The van der Waals surface area contributed by atoms with Crippen LogP contribution in [0.4, 0.5) is 0 Å². The number of rotatable bonds is 1. The Balaban J connectivity index is 0.000000574. The van der Waals surface area contributed by atoms with Crippen molar-refractivity contribution in [2.24, 2.45) is 0 Å². The minimum Gasteiger partial charge on any atom is -0.461 e. The topological polar surface area (TPSA) is 26.0 Å². The van der Waals surface area contributed by atoms with Crippen LogP contribution in [0.2, 0.25) is 0 Å². The summed E-state index contributed by atoms with van der Waals surface area (Å²) >= 11 is 0. The number of aryl methyl sites for hydroxylation is 1. The molecule has 0 aliphatic heterocycles. The van der Waals surface area contributed by atoms with E-state index in [1.54, 1.807) is 0 Å². The molecule has 0 spiro atoms. The number of fused-ring (bicyclic) bond motifs is 1. The van der Waals surface area contributed by atoms with Crippen LogP contribution in [-0.2, 0) is 0 Å². The summed E-state index contributed by atoms with van der Waals surface area (Å²) in [5.74, 6) is 1.79. The maximum Gasteiger partial charge on any atom is 0.135 e. The van der Waals surface area contributed by atoms with Gasteiger partial charge in [0.2, 0.25) is 0 Å². The minimum absolute atomic E-state index is 0.871. The molecule has 18 heavy (non-hydrogen) atoms. The Morgan fingerprint density at radius 3 is 2.50 bits per heavy atom. The summed E-state index contributed by atoms with van der Waals surface area (Å²) in [6, 6.07) is 14.1. The van der Waals surface area contributed by atoms with E-state index in [1.165, 1.54) is 0 Å². The largest absolute Gasteiger partial charge is 0.461 e. The van der Waals surface area contributed by atoms with Gasteiger partial charge in [-0.2, -0.15) is 0 Å². The zero-order valence-corrected chi connectivity index (χ0v) is 11.0. The molecule has 0 radical (unpaired) electrons. The van der Waals surface area contributed by atoms with Crippen molar-refractivity contribution in [2.75, 3.05) is 0 Å². The molecule has 0 saturated carbocycles. The Morgan fingerprint density at radius 1 is 1.00 bits per heavy atom. The van der Waals surface area contributed by atoms with E-state index in [1.807, 2.05) is 57.3 Å². The van der Waals surface area contributed by atoms with E-state index in [9.17, 15) is 0 Å². The van der Waals surface area contributed by atoms with Crippen molar-refractivity contribution in [1.82, 2.24) is 4.98 Å². The van der Waals surface area contributed by atoms with Crippen LogP contribution < -0.4 is 0 Å². The van der Waals surface area contributed by atoms with E-state index in [4.69, 9.17) is 4.42 Å². The van der Waals surface area contributed by atoms with Crippen molar-refractivity contribution in [2.45, 2.75) is 20.8 Å². The van der Waals surface area contributed by atoms with E-state index in [2.05, 4.69) is 17.1 Å². The van der Waals surface area contributed by atoms with Crippen molar-refractivity contribution < 1.29 is 4.42 Å². The first-order valence-electron chi connectivity index (χ1n) is 6.24. The Bertz CT molecular complexity index is 640. The number of nitrogens with zero attached hydrogens (tertiary/aromatic N) is 1. The van der Waals surface area contributed by atoms with Crippen molar-refractivity contribution in [3.8, 4) is 11.3 Å². The van der Waals surface area contributed by atoms with Crippen LogP contribution in [-0.4, -0.2) is 4.98 Å². The lowest BCUT2D eigenvalue weighted by Gasteiger charge is -1.99. The highest BCUT2D eigenvalue weighted by molar-refractivity contribution is 5.82. The fraction of sp³-hybridized carbons (Fsp3) is 0.188. The number of benzene rings is 1. The number of hydrogen-bond donors (Lipinski definition) is 0. The lowest BCUT2D eigenvalue weighted by atomic mass is 10.1. The highest BCUT2D eigenvalue weighted by Crippen LogP contribution is 2.24. The predicted molar refractivity (Wildman–Crippen MR) is 75.5 cm³/mol. The molecular weight excluding hydrogens is 222 g/mol. The molecule has 0 unspecified atom stereocenters. The summed E-state index contributed by atoms with van der Waals surface area (Å²) in [4.78, 5) is 4.41. The first-order chi connectivity index (χ1) is 8.83. The average Bonchev–Trinajstić information content (AvgIpc) is 2.87. The molecular formula is C16H17NO. The highest BCUT2D eigenvalue weighted by Gasteiger charge is 2.03. The number of para-hydroxylation sites is 1. The summed E-state index contributed by atoms with van der Waals surface area (Å²) in [6.07, 6.45) is 1.85. The van der Waals surface area contributed by atoms with Crippen molar-refractivity contribution in [3.63, 3.8) is 0 Å². The molecule has 0 atom stereocenters. The summed E-state index contributed by atoms with van der Waals surface area (Å²) in [7, 11) is 0. The van der Waals surface area contributed by atoms with Gasteiger partial charge < -0.3 is 4.42 Å². The van der Waals surface area contributed by atoms with Crippen molar-refractivity contribution >= 4 is 10.9 Å². The Morgan fingerprint density at radius 2 is 1.78 bits per heavy atom. The molecule has 3 rings (SSSR count). The third kappa shape index (κ3) is 2.43.